The Morgan fingerprint density at radius 1 is 0.957 bits per heavy atom. The fraction of sp³-hybridized carbons (Fsp3) is 0.400. The first kappa shape index (κ1) is 16.2. The van der Waals surface area contributed by atoms with E-state index in [1.165, 1.54) is 11.1 Å². The van der Waals surface area contributed by atoms with Gasteiger partial charge in [0.15, 0.2) is 0 Å². The van der Waals surface area contributed by atoms with Gasteiger partial charge in [-0.15, -0.1) is 0 Å². The fourth-order valence-electron chi connectivity index (χ4n) is 3.19. The van der Waals surface area contributed by atoms with Gasteiger partial charge in [-0.3, -0.25) is 4.90 Å². The van der Waals surface area contributed by atoms with Gasteiger partial charge >= 0.3 is 0 Å². The molecule has 1 saturated heterocycles. The molecule has 122 valence electrons. The van der Waals surface area contributed by atoms with Gasteiger partial charge in [-0.1, -0.05) is 61.5 Å². The second-order valence-electron chi connectivity index (χ2n) is 6.37. The summed E-state index contributed by atoms with van der Waals surface area (Å²) in [5, 5.41) is 0. The van der Waals surface area contributed by atoms with Crippen molar-refractivity contribution in [3.8, 4) is 0 Å². The third kappa shape index (κ3) is 4.20. The highest BCUT2D eigenvalue weighted by molar-refractivity contribution is 5.35. The second kappa shape index (κ2) is 7.73. The Balaban J connectivity index is 1.71. The molecule has 3 nitrogen and oxygen atoms in total. The predicted molar refractivity (Wildman–Crippen MR) is 94.6 cm³/mol. The van der Waals surface area contributed by atoms with E-state index in [9.17, 15) is 0 Å². The lowest BCUT2D eigenvalue weighted by Gasteiger charge is -2.29. The van der Waals surface area contributed by atoms with Crippen LogP contribution < -0.4 is 5.73 Å². The summed E-state index contributed by atoms with van der Waals surface area (Å²) in [6, 6.07) is 19.0. The molecule has 0 unspecified atom stereocenters. The molecule has 0 saturated carbocycles. The summed E-state index contributed by atoms with van der Waals surface area (Å²) in [5.74, 6) is 0.496. The third-order valence-electron chi connectivity index (χ3n) is 4.63. The van der Waals surface area contributed by atoms with Gasteiger partial charge in [0.25, 0.3) is 0 Å². The van der Waals surface area contributed by atoms with Gasteiger partial charge in [-0.05, 0) is 22.6 Å². The molecular formula is C20H26N2O. The van der Waals surface area contributed by atoms with E-state index in [4.69, 9.17) is 10.5 Å². The first-order valence-electron chi connectivity index (χ1n) is 8.44. The van der Waals surface area contributed by atoms with Crippen molar-refractivity contribution in [2.24, 2.45) is 5.73 Å². The molecule has 0 aromatic heterocycles. The maximum atomic E-state index is 6.44. The Morgan fingerprint density at radius 2 is 1.61 bits per heavy atom. The van der Waals surface area contributed by atoms with Crippen molar-refractivity contribution in [3.05, 3.63) is 71.3 Å². The smallest absolute Gasteiger partial charge is 0.0594 e. The van der Waals surface area contributed by atoms with Gasteiger partial charge in [0.1, 0.15) is 0 Å². The van der Waals surface area contributed by atoms with Crippen molar-refractivity contribution in [1.82, 2.24) is 4.90 Å². The Hall–Kier alpha value is -1.68. The van der Waals surface area contributed by atoms with Crippen molar-refractivity contribution < 1.29 is 4.74 Å². The van der Waals surface area contributed by atoms with Gasteiger partial charge in [-0.2, -0.15) is 0 Å². The summed E-state index contributed by atoms with van der Waals surface area (Å²) in [5.41, 5.74) is 10.1. The number of nitrogens with zero attached hydrogens (tertiary/aromatic N) is 1. The zero-order valence-corrected chi connectivity index (χ0v) is 13.8. The first-order chi connectivity index (χ1) is 11.2. The maximum absolute atomic E-state index is 6.44. The minimum atomic E-state index is -0.0632. The summed E-state index contributed by atoms with van der Waals surface area (Å²) >= 11 is 0. The molecule has 1 fully saturated rings. The number of morpholine rings is 1. The van der Waals surface area contributed by atoms with Gasteiger partial charge in [0, 0.05) is 19.6 Å². The lowest BCUT2D eigenvalue weighted by molar-refractivity contribution is 0.0357. The largest absolute Gasteiger partial charge is 0.379 e. The van der Waals surface area contributed by atoms with Crippen LogP contribution in [0.5, 0.6) is 0 Å². The third-order valence-corrected chi connectivity index (χ3v) is 4.63. The summed E-state index contributed by atoms with van der Waals surface area (Å²) in [6.07, 6.45) is 0. The second-order valence-corrected chi connectivity index (χ2v) is 6.37. The monoisotopic (exact) mass is 310 g/mol. The quantitative estimate of drug-likeness (QED) is 0.922. The molecule has 1 aliphatic heterocycles. The van der Waals surface area contributed by atoms with Crippen molar-refractivity contribution in [1.29, 1.82) is 0 Å². The molecule has 0 aliphatic carbocycles. The molecule has 2 N–H and O–H groups in total. The molecule has 2 aromatic carbocycles. The summed E-state index contributed by atoms with van der Waals surface area (Å²) in [4.78, 5) is 2.48. The van der Waals surface area contributed by atoms with Crippen molar-refractivity contribution >= 4 is 0 Å². The Bertz CT molecular complexity index is 608. The Labute approximate surface area is 139 Å². The molecular weight excluding hydrogens is 284 g/mol. The molecule has 1 aliphatic rings. The van der Waals surface area contributed by atoms with Crippen LogP contribution >= 0.6 is 0 Å². The van der Waals surface area contributed by atoms with E-state index >= 15 is 0 Å². The normalized spacial score (nSPS) is 18.5. The van der Waals surface area contributed by atoms with E-state index in [0.717, 1.165) is 38.4 Å². The van der Waals surface area contributed by atoms with Gasteiger partial charge in [-0.25, -0.2) is 0 Å². The van der Waals surface area contributed by atoms with Crippen molar-refractivity contribution in [3.63, 3.8) is 0 Å². The maximum Gasteiger partial charge on any atom is 0.0594 e. The molecule has 0 bridgehead atoms. The molecule has 3 rings (SSSR count). The van der Waals surface area contributed by atoms with E-state index in [1.54, 1.807) is 0 Å². The topological polar surface area (TPSA) is 38.5 Å². The lowest BCUT2D eigenvalue weighted by Crippen LogP contribution is -2.38. The van der Waals surface area contributed by atoms with Gasteiger partial charge in [0.05, 0.1) is 19.3 Å². The molecule has 23 heavy (non-hydrogen) atoms. The number of rotatable bonds is 5. The minimum Gasteiger partial charge on any atom is -0.379 e. The van der Waals surface area contributed by atoms with Crippen LogP contribution in [0.3, 0.4) is 0 Å². The number of hydrogen-bond donors (Lipinski definition) is 1. The first-order valence-corrected chi connectivity index (χ1v) is 8.44. The number of nitrogens with two attached hydrogens (primary N) is 1. The number of hydrogen-bond acceptors (Lipinski definition) is 3. The average Bonchev–Trinajstić information content (AvgIpc) is 2.63. The SMILES string of the molecule is C[C@H](CN1CCOCC1)c1cccc([C@@H](N)c2ccccc2)c1. The van der Waals surface area contributed by atoms with E-state index in [1.807, 2.05) is 18.2 Å². The molecule has 0 spiro atoms. The van der Waals surface area contributed by atoms with Crippen LogP contribution in [-0.4, -0.2) is 37.7 Å². The summed E-state index contributed by atoms with van der Waals surface area (Å²) in [6.45, 7) is 7.15. The minimum absolute atomic E-state index is 0.0632. The molecule has 1 heterocycles. The number of benzene rings is 2. The van der Waals surface area contributed by atoms with Crippen LogP contribution in [0.25, 0.3) is 0 Å². The predicted octanol–water partition coefficient (Wildman–Crippen LogP) is 3.17. The van der Waals surface area contributed by atoms with Crippen LogP contribution in [0.1, 0.15) is 35.6 Å². The van der Waals surface area contributed by atoms with Gasteiger partial charge < -0.3 is 10.5 Å². The summed E-state index contributed by atoms with van der Waals surface area (Å²) < 4.78 is 5.43. The highest BCUT2D eigenvalue weighted by atomic mass is 16.5. The fourth-order valence-corrected chi connectivity index (χ4v) is 3.19. The van der Waals surface area contributed by atoms with Crippen LogP contribution in [0.2, 0.25) is 0 Å². The van der Waals surface area contributed by atoms with Gasteiger partial charge in [0.2, 0.25) is 0 Å². The van der Waals surface area contributed by atoms with E-state index in [2.05, 4.69) is 48.2 Å². The highest BCUT2D eigenvalue weighted by Crippen LogP contribution is 2.24. The Kier molecular flexibility index (Phi) is 5.44. The summed E-state index contributed by atoms with van der Waals surface area (Å²) in [7, 11) is 0. The number of ether oxygens (including phenoxy) is 1. The highest BCUT2D eigenvalue weighted by Gasteiger charge is 2.16. The molecule has 2 aromatic rings. The van der Waals surface area contributed by atoms with E-state index in [-0.39, 0.29) is 6.04 Å². The lowest BCUT2D eigenvalue weighted by atomic mass is 9.93. The standard InChI is InChI=1S/C20H26N2O/c1-16(15-22-10-12-23-13-11-22)18-8-5-9-19(14-18)20(21)17-6-3-2-4-7-17/h2-9,14,16,20H,10-13,15,21H2,1H3/t16-,20+/m1/s1. The van der Waals surface area contributed by atoms with Crippen LogP contribution in [0.4, 0.5) is 0 Å². The van der Waals surface area contributed by atoms with E-state index in [0.29, 0.717) is 5.92 Å². The molecule has 2 atom stereocenters. The molecule has 0 amide bonds. The Morgan fingerprint density at radius 3 is 2.35 bits per heavy atom. The zero-order chi connectivity index (χ0) is 16.1. The average molecular weight is 310 g/mol. The molecule has 0 radical (unpaired) electrons. The van der Waals surface area contributed by atoms with Crippen LogP contribution in [0, 0.1) is 0 Å². The van der Waals surface area contributed by atoms with Crippen LogP contribution in [-0.2, 0) is 4.74 Å². The van der Waals surface area contributed by atoms with Crippen molar-refractivity contribution in [2.75, 3.05) is 32.8 Å². The molecule has 3 heteroatoms. The van der Waals surface area contributed by atoms with Crippen molar-refractivity contribution in [2.45, 2.75) is 18.9 Å². The van der Waals surface area contributed by atoms with Crippen LogP contribution in [0.15, 0.2) is 54.6 Å². The zero-order valence-electron chi connectivity index (χ0n) is 13.8. The van der Waals surface area contributed by atoms with E-state index < -0.39 is 0 Å².